The van der Waals surface area contributed by atoms with Gasteiger partial charge in [0.05, 0.1) is 28.6 Å². The number of hydrogen-bond acceptors (Lipinski definition) is 9. The number of aryl methyl sites for hydroxylation is 3. The molecule has 1 saturated carbocycles. The van der Waals surface area contributed by atoms with E-state index >= 15 is 0 Å². The molecular formula is C43H53ClN10O. The van der Waals surface area contributed by atoms with Gasteiger partial charge in [-0.05, 0) is 81.7 Å². The molecule has 1 atom stereocenters. The molecule has 1 spiro atoms. The summed E-state index contributed by atoms with van der Waals surface area (Å²) in [5, 5.41) is 21.2. The van der Waals surface area contributed by atoms with E-state index in [0.29, 0.717) is 35.7 Å². The smallest absolute Gasteiger partial charge is 0.253 e. The Morgan fingerprint density at radius 2 is 1.87 bits per heavy atom. The molecule has 3 aromatic heterocycles. The van der Waals surface area contributed by atoms with Crippen LogP contribution in [0.4, 0.5) is 23.1 Å². The summed E-state index contributed by atoms with van der Waals surface area (Å²) in [6, 6.07) is 14.8. The molecule has 2 fully saturated rings. The van der Waals surface area contributed by atoms with Crippen molar-refractivity contribution in [3.63, 3.8) is 0 Å². The van der Waals surface area contributed by atoms with Crippen LogP contribution in [0.3, 0.4) is 0 Å². The highest BCUT2D eigenvalue weighted by molar-refractivity contribution is 6.33. The third-order valence-corrected chi connectivity index (χ3v) is 12.0. The Hall–Kier alpha value is -5.29. The van der Waals surface area contributed by atoms with E-state index in [1.54, 1.807) is 10.8 Å². The molecule has 0 amide bonds. The summed E-state index contributed by atoms with van der Waals surface area (Å²) in [6.07, 6.45) is 11.2. The standard InChI is InChI=1S/C43H53ClN10O/c1-8-9-11-33(28(3)46-5)38-34-12-10-13-36(39(34)53(7)51-38)48-31-18-20-43(21-19-31)25-54(26-43)42-47-24-35(44)40(50-42)49-32-16-17-37-30(23-32)22-29(41(55)52(37)6)15-14-27(2)45-4/h8,10,12-13,16-17,22-24,31,33,45-46,48H,1-3,9,11,14-15,18-21,25-26H2,4-7H3,(H,47,49,50). The third kappa shape index (κ3) is 7.67. The second-order valence-corrected chi connectivity index (χ2v) is 15.7. The minimum Gasteiger partial charge on any atom is -0.392 e. The van der Waals surface area contributed by atoms with Crippen LogP contribution in [0.2, 0.25) is 5.02 Å². The van der Waals surface area contributed by atoms with Gasteiger partial charge in [-0.25, -0.2) is 4.98 Å². The van der Waals surface area contributed by atoms with Gasteiger partial charge in [-0.15, -0.1) is 6.58 Å². The molecule has 0 bridgehead atoms. The summed E-state index contributed by atoms with van der Waals surface area (Å²) in [5.74, 6) is 1.35. The Balaban J connectivity index is 0.994. The maximum atomic E-state index is 13.0. The second-order valence-electron chi connectivity index (χ2n) is 15.3. The van der Waals surface area contributed by atoms with Crippen LogP contribution < -0.4 is 31.7 Å². The number of para-hydroxylation sites is 1. The van der Waals surface area contributed by atoms with E-state index in [1.807, 2.05) is 63.2 Å². The first-order valence-corrected chi connectivity index (χ1v) is 19.6. The monoisotopic (exact) mass is 760 g/mol. The van der Waals surface area contributed by atoms with Gasteiger partial charge in [0.1, 0.15) is 5.02 Å². The maximum absolute atomic E-state index is 13.0. The maximum Gasteiger partial charge on any atom is 0.253 e. The quantitative estimate of drug-likeness (QED) is 0.0790. The number of pyridine rings is 1. The largest absolute Gasteiger partial charge is 0.392 e. The average Bonchev–Trinajstić information content (AvgIpc) is 3.52. The molecule has 55 heavy (non-hydrogen) atoms. The second kappa shape index (κ2) is 15.8. The van der Waals surface area contributed by atoms with E-state index in [4.69, 9.17) is 21.7 Å². The zero-order chi connectivity index (χ0) is 38.9. The van der Waals surface area contributed by atoms with E-state index in [-0.39, 0.29) is 16.9 Å². The van der Waals surface area contributed by atoms with Crippen LogP contribution >= 0.6 is 11.6 Å². The fourth-order valence-electron chi connectivity index (χ4n) is 8.44. The Morgan fingerprint density at radius 3 is 2.60 bits per heavy atom. The van der Waals surface area contributed by atoms with Crippen molar-refractivity contribution >= 4 is 56.5 Å². The molecule has 2 aliphatic rings. The number of nitrogens with one attached hydrogen (secondary N) is 4. The number of halogens is 1. The van der Waals surface area contributed by atoms with Gasteiger partial charge < -0.3 is 30.7 Å². The lowest BCUT2D eigenvalue weighted by atomic mass is 9.67. The van der Waals surface area contributed by atoms with Crippen LogP contribution in [0.15, 0.2) is 90.7 Å². The van der Waals surface area contributed by atoms with Crippen LogP contribution in [-0.2, 0) is 20.5 Å². The summed E-state index contributed by atoms with van der Waals surface area (Å²) in [4.78, 5) is 24.8. The molecule has 1 saturated heterocycles. The average molecular weight is 761 g/mol. The van der Waals surface area contributed by atoms with Crippen molar-refractivity contribution in [1.82, 2.24) is 34.9 Å². The Morgan fingerprint density at radius 1 is 1.09 bits per heavy atom. The highest BCUT2D eigenvalue weighted by Crippen LogP contribution is 2.46. The van der Waals surface area contributed by atoms with Gasteiger partial charge in [0.25, 0.3) is 5.56 Å². The first-order valence-electron chi connectivity index (χ1n) is 19.3. The molecule has 0 radical (unpaired) electrons. The molecule has 2 aromatic carbocycles. The molecule has 4 heterocycles. The van der Waals surface area contributed by atoms with Crippen molar-refractivity contribution in [3.05, 3.63) is 113 Å². The van der Waals surface area contributed by atoms with Crippen molar-refractivity contribution in [3.8, 4) is 0 Å². The molecule has 11 nitrogen and oxygen atoms in total. The van der Waals surface area contributed by atoms with Crippen molar-refractivity contribution in [2.75, 3.05) is 42.7 Å². The Kier molecular flexibility index (Phi) is 10.9. The predicted molar refractivity (Wildman–Crippen MR) is 228 cm³/mol. The van der Waals surface area contributed by atoms with Crippen LogP contribution in [-0.4, -0.2) is 57.5 Å². The van der Waals surface area contributed by atoms with Crippen molar-refractivity contribution in [1.29, 1.82) is 0 Å². The minimum atomic E-state index is 0.00910. The van der Waals surface area contributed by atoms with Gasteiger partial charge in [0.2, 0.25) is 5.95 Å². The highest BCUT2D eigenvalue weighted by atomic mass is 35.5. The number of benzene rings is 2. The third-order valence-electron chi connectivity index (χ3n) is 11.7. The molecule has 4 N–H and O–H groups in total. The predicted octanol–water partition coefficient (Wildman–Crippen LogP) is 7.92. The molecule has 1 aliphatic carbocycles. The summed E-state index contributed by atoms with van der Waals surface area (Å²) < 4.78 is 3.72. The summed E-state index contributed by atoms with van der Waals surface area (Å²) in [5.41, 5.74) is 7.92. The van der Waals surface area contributed by atoms with Gasteiger partial charge in [0, 0.05) is 92.1 Å². The van der Waals surface area contributed by atoms with Gasteiger partial charge in [0.15, 0.2) is 5.82 Å². The molecule has 288 valence electrons. The van der Waals surface area contributed by atoms with Crippen molar-refractivity contribution in [2.24, 2.45) is 19.5 Å². The Labute approximate surface area is 328 Å². The Bertz CT molecular complexity index is 2310. The SMILES string of the molecule is C=CCCC(C(=C)NC)c1nn(C)c2c(NC3CCC4(CC3)CN(c3ncc(Cl)c(Nc5ccc6c(c5)cc(CCC(=C)NC)c(=O)n6C)n3)C4)cccc12. The fourth-order valence-corrected chi connectivity index (χ4v) is 8.58. The lowest BCUT2D eigenvalue weighted by Gasteiger charge is -2.53. The molecule has 1 aliphatic heterocycles. The molecule has 5 aromatic rings. The van der Waals surface area contributed by atoms with Crippen molar-refractivity contribution < 1.29 is 0 Å². The molecule has 7 rings (SSSR count). The van der Waals surface area contributed by atoms with Gasteiger partial charge in [-0.1, -0.05) is 43.0 Å². The van der Waals surface area contributed by atoms with E-state index in [0.717, 1.165) is 102 Å². The number of allylic oxidation sites excluding steroid dienone is 3. The topological polar surface area (TPSA) is 117 Å². The zero-order valence-corrected chi connectivity index (χ0v) is 33.3. The van der Waals surface area contributed by atoms with E-state index < -0.39 is 0 Å². The number of anilines is 4. The summed E-state index contributed by atoms with van der Waals surface area (Å²) in [7, 11) is 7.62. The number of rotatable bonds is 15. The first kappa shape index (κ1) is 38.0. The number of aromatic nitrogens is 5. The van der Waals surface area contributed by atoms with E-state index in [2.05, 4.69) is 69.1 Å². The number of nitrogens with zero attached hydrogens (tertiary/aromatic N) is 6. The van der Waals surface area contributed by atoms with E-state index in [9.17, 15) is 4.79 Å². The number of likely N-dealkylation sites (N-methyl/N-ethyl adjacent to an activating group) is 1. The summed E-state index contributed by atoms with van der Waals surface area (Å²) >= 11 is 6.63. The highest BCUT2D eigenvalue weighted by Gasteiger charge is 2.46. The summed E-state index contributed by atoms with van der Waals surface area (Å²) in [6.45, 7) is 14.1. The molecular weight excluding hydrogens is 708 g/mol. The molecule has 1 unspecified atom stereocenters. The first-order chi connectivity index (χ1) is 26.5. The lowest BCUT2D eigenvalue weighted by molar-refractivity contribution is 0.131. The van der Waals surface area contributed by atoms with E-state index in [1.165, 1.54) is 5.39 Å². The van der Waals surface area contributed by atoms with Gasteiger partial charge in [-0.3, -0.25) is 9.48 Å². The number of hydrogen-bond donors (Lipinski definition) is 4. The normalized spacial score (nSPS) is 15.8. The number of fused-ring (bicyclic) bond motifs is 2. The van der Waals surface area contributed by atoms with Crippen LogP contribution in [0.1, 0.15) is 62.1 Å². The van der Waals surface area contributed by atoms with Crippen LogP contribution in [0, 0.1) is 5.41 Å². The minimum absolute atomic E-state index is 0.00910. The fraction of sp³-hybridized carbons (Fsp3) is 0.395. The molecule has 12 heteroatoms. The lowest BCUT2D eigenvalue weighted by Crippen LogP contribution is -2.59. The zero-order valence-electron chi connectivity index (χ0n) is 32.5. The van der Waals surface area contributed by atoms with Gasteiger partial charge in [-0.2, -0.15) is 10.1 Å². The van der Waals surface area contributed by atoms with Crippen LogP contribution in [0.5, 0.6) is 0 Å². The van der Waals surface area contributed by atoms with Crippen LogP contribution in [0.25, 0.3) is 21.8 Å². The van der Waals surface area contributed by atoms with Gasteiger partial charge >= 0.3 is 0 Å². The van der Waals surface area contributed by atoms with Crippen molar-refractivity contribution in [2.45, 2.75) is 63.3 Å².